The van der Waals surface area contributed by atoms with Gasteiger partial charge in [0.25, 0.3) is 0 Å². The van der Waals surface area contributed by atoms with Crippen molar-refractivity contribution in [2.24, 2.45) is 0 Å². The maximum absolute atomic E-state index is 15.7. The van der Waals surface area contributed by atoms with E-state index in [1.54, 1.807) is 42.6 Å². The van der Waals surface area contributed by atoms with Gasteiger partial charge in [-0.2, -0.15) is 13.2 Å². The third-order valence-corrected chi connectivity index (χ3v) is 8.03. The van der Waals surface area contributed by atoms with E-state index < -0.39 is 39.9 Å². The van der Waals surface area contributed by atoms with Crippen LogP contribution in [0.2, 0.25) is 0 Å². The molecule has 14 heteroatoms. The van der Waals surface area contributed by atoms with Crippen LogP contribution in [-0.2, 0) is 10.0 Å². The molecular formula is C28H28F4N6O3S. The number of alkyl halides is 3. The van der Waals surface area contributed by atoms with Crippen molar-refractivity contribution in [3.05, 3.63) is 66.2 Å². The van der Waals surface area contributed by atoms with E-state index >= 15 is 4.39 Å². The lowest BCUT2D eigenvalue weighted by molar-refractivity contribution is -0.129. The van der Waals surface area contributed by atoms with E-state index in [2.05, 4.69) is 25.6 Å². The van der Waals surface area contributed by atoms with Crippen molar-refractivity contribution in [3.8, 4) is 22.9 Å². The molecule has 0 saturated carbocycles. The van der Waals surface area contributed by atoms with Gasteiger partial charge in [0, 0.05) is 41.3 Å². The van der Waals surface area contributed by atoms with Crippen LogP contribution < -0.4 is 20.1 Å². The summed E-state index contributed by atoms with van der Waals surface area (Å²) >= 11 is 0. The average molecular weight is 605 g/mol. The number of aromatic nitrogens is 3. The van der Waals surface area contributed by atoms with Crippen LogP contribution in [0, 0.1) is 12.7 Å². The minimum Gasteiger partial charge on any atom is -0.437 e. The second-order valence-corrected chi connectivity index (χ2v) is 11.7. The fourth-order valence-corrected chi connectivity index (χ4v) is 5.81. The van der Waals surface area contributed by atoms with Gasteiger partial charge in [0.2, 0.25) is 21.9 Å². The quantitative estimate of drug-likeness (QED) is 0.206. The minimum absolute atomic E-state index is 0.0614. The number of nitrogens with zero attached hydrogens (tertiary/aromatic N) is 3. The highest BCUT2D eigenvalue weighted by atomic mass is 32.2. The van der Waals surface area contributed by atoms with Gasteiger partial charge in [-0.3, -0.25) is 4.72 Å². The lowest BCUT2D eigenvalue weighted by Crippen LogP contribution is -2.38. The summed E-state index contributed by atoms with van der Waals surface area (Å²) < 4.78 is 86.8. The summed E-state index contributed by atoms with van der Waals surface area (Å²) in [7, 11) is -4.52. The van der Waals surface area contributed by atoms with Crippen LogP contribution in [0.25, 0.3) is 22.0 Å². The molecule has 222 valence electrons. The molecule has 0 spiro atoms. The number of nitrogens with one attached hydrogen (secondary N) is 3. The smallest absolute Gasteiger partial charge is 0.390 e. The van der Waals surface area contributed by atoms with E-state index in [4.69, 9.17) is 4.74 Å². The van der Waals surface area contributed by atoms with Gasteiger partial charge < -0.3 is 15.4 Å². The fourth-order valence-electron chi connectivity index (χ4n) is 4.69. The van der Waals surface area contributed by atoms with Crippen molar-refractivity contribution in [2.75, 3.05) is 28.9 Å². The first-order chi connectivity index (χ1) is 20.0. The zero-order chi connectivity index (χ0) is 29.9. The lowest BCUT2D eigenvalue weighted by Gasteiger charge is -2.23. The zero-order valence-corrected chi connectivity index (χ0v) is 23.3. The molecule has 2 aromatic heterocycles. The number of hydrogen-bond donors (Lipinski definition) is 3. The van der Waals surface area contributed by atoms with Crippen LogP contribution >= 0.6 is 0 Å². The van der Waals surface area contributed by atoms with Crippen LogP contribution in [0.5, 0.6) is 11.6 Å². The molecule has 1 aliphatic heterocycles. The molecule has 1 fully saturated rings. The molecule has 1 atom stereocenters. The Bertz CT molecular complexity index is 1700. The highest BCUT2D eigenvalue weighted by Crippen LogP contribution is 2.42. The molecule has 0 unspecified atom stereocenters. The van der Waals surface area contributed by atoms with Crippen molar-refractivity contribution in [2.45, 2.75) is 38.4 Å². The highest BCUT2D eigenvalue weighted by molar-refractivity contribution is 7.92. The van der Waals surface area contributed by atoms with Crippen molar-refractivity contribution < 1.29 is 30.7 Å². The van der Waals surface area contributed by atoms with Gasteiger partial charge in [-0.05, 0) is 44.5 Å². The summed E-state index contributed by atoms with van der Waals surface area (Å²) in [4.78, 5) is 13.3. The molecule has 2 aromatic carbocycles. The Hall–Kier alpha value is -4.04. The number of ether oxygens (including phenoxy) is 1. The van der Waals surface area contributed by atoms with Crippen LogP contribution in [0.4, 0.5) is 29.2 Å². The van der Waals surface area contributed by atoms with Gasteiger partial charge in [-0.1, -0.05) is 24.3 Å². The number of anilines is 2. The predicted octanol–water partition coefficient (Wildman–Crippen LogP) is 5.79. The second kappa shape index (κ2) is 12.1. The van der Waals surface area contributed by atoms with Gasteiger partial charge >= 0.3 is 6.18 Å². The Morgan fingerprint density at radius 3 is 2.60 bits per heavy atom. The van der Waals surface area contributed by atoms with Crippen molar-refractivity contribution in [3.63, 3.8) is 0 Å². The highest BCUT2D eigenvalue weighted by Gasteiger charge is 2.31. The third-order valence-electron chi connectivity index (χ3n) is 6.77. The molecule has 42 heavy (non-hydrogen) atoms. The van der Waals surface area contributed by atoms with Crippen LogP contribution in [0.1, 0.15) is 24.8 Å². The maximum atomic E-state index is 15.7. The SMILES string of the molecule is Cc1c(F)c(NS(=O)(=O)CCC(F)(F)F)c2ccccc2c1Oc1ncccc1-c1ccnc(N[C@H]2CCCNC2)n1. The average Bonchev–Trinajstić information content (AvgIpc) is 2.97. The maximum Gasteiger partial charge on any atom is 0.390 e. The third kappa shape index (κ3) is 6.87. The first-order valence-corrected chi connectivity index (χ1v) is 14.9. The predicted molar refractivity (Wildman–Crippen MR) is 152 cm³/mol. The summed E-state index contributed by atoms with van der Waals surface area (Å²) in [5.41, 5.74) is 0.498. The summed E-state index contributed by atoms with van der Waals surface area (Å²) in [6.07, 6.45) is -1.12. The number of halogens is 4. The van der Waals surface area contributed by atoms with Gasteiger partial charge in [-0.25, -0.2) is 27.8 Å². The Morgan fingerprint density at radius 2 is 1.86 bits per heavy atom. The molecule has 0 bridgehead atoms. The fraction of sp³-hybridized carbons (Fsp3) is 0.321. The number of rotatable bonds is 9. The van der Waals surface area contributed by atoms with Crippen molar-refractivity contribution in [1.29, 1.82) is 0 Å². The number of piperidine rings is 1. The molecule has 9 nitrogen and oxygen atoms in total. The molecule has 1 saturated heterocycles. The van der Waals surface area contributed by atoms with E-state index in [-0.39, 0.29) is 28.6 Å². The number of pyridine rings is 1. The molecule has 1 aliphatic rings. The molecule has 0 amide bonds. The van der Waals surface area contributed by atoms with E-state index in [1.165, 1.54) is 19.2 Å². The second-order valence-electron chi connectivity index (χ2n) is 9.89. The van der Waals surface area contributed by atoms with E-state index in [0.29, 0.717) is 22.6 Å². The Labute approximate surface area is 239 Å². The Balaban J connectivity index is 1.49. The number of sulfonamides is 1. The van der Waals surface area contributed by atoms with Crippen LogP contribution in [0.15, 0.2) is 54.9 Å². The number of hydrogen-bond acceptors (Lipinski definition) is 8. The van der Waals surface area contributed by atoms with Crippen LogP contribution in [-0.4, -0.2) is 54.4 Å². The molecule has 3 heterocycles. The van der Waals surface area contributed by atoms with E-state index in [0.717, 1.165) is 25.9 Å². The van der Waals surface area contributed by atoms with E-state index in [9.17, 15) is 21.6 Å². The summed E-state index contributed by atoms with van der Waals surface area (Å²) in [5.74, 6) is -1.60. The summed E-state index contributed by atoms with van der Waals surface area (Å²) in [6.45, 7) is 3.15. The molecule has 0 aliphatic carbocycles. The number of benzene rings is 2. The lowest BCUT2D eigenvalue weighted by atomic mass is 10.0. The van der Waals surface area contributed by atoms with Gasteiger partial charge in [0.15, 0.2) is 5.82 Å². The minimum atomic E-state index is -4.68. The molecule has 5 rings (SSSR count). The monoisotopic (exact) mass is 604 g/mol. The number of fused-ring (bicyclic) bond motifs is 1. The summed E-state index contributed by atoms with van der Waals surface area (Å²) in [5, 5.41) is 7.10. The largest absolute Gasteiger partial charge is 0.437 e. The van der Waals surface area contributed by atoms with Crippen molar-refractivity contribution >= 4 is 32.4 Å². The molecule has 4 aromatic rings. The first-order valence-electron chi connectivity index (χ1n) is 13.2. The molecule has 3 N–H and O–H groups in total. The Kier molecular flexibility index (Phi) is 8.45. The zero-order valence-electron chi connectivity index (χ0n) is 22.5. The molecular weight excluding hydrogens is 576 g/mol. The van der Waals surface area contributed by atoms with E-state index in [1.807, 2.05) is 4.72 Å². The molecule has 0 radical (unpaired) electrons. The van der Waals surface area contributed by atoms with Crippen LogP contribution in [0.3, 0.4) is 0 Å². The topological polar surface area (TPSA) is 118 Å². The summed E-state index contributed by atoms with van der Waals surface area (Å²) in [6, 6.07) is 11.6. The van der Waals surface area contributed by atoms with Gasteiger partial charge in [0.1, 0.15) is 5.75 Å². The standard InChI is InChI=1S/C28H28F4N6O3S/c1-17-23(29)24(38-42(39,40)15-11-28(30,31)32)19-7-2-3-8-20(19)25(17)41-26-21(9-5-13-34-26)22-10-14-35-27(37-22)36-18-6-4-12-33-16-18/h2-3,5,7-10,13-14,18,33,38H,4,6,11-12,15-16H2,1H3,(H,35,36,37)/t18-/m0/s1. The Morgan fingerprint density at radius 1 is 1.07 bits per heavy atom. The first kappa shape index (κ1) is 29.5. The van der Waals surface area contributed by atoms with Gasteiger partial charge in [0.05, 0.1) is 29.1 Å². The van der Waals surface area contributed by atoms with Crippen molar-refractivity contribution in [1.82, 2.24) is 20.3 Å². The van der Waals surface area contributed by atoms with Gasteiger partial charge in [-0.15, -0.1) is 0 Å². The normalized spacial score (nSPS) is 15.9.